The lowest BCUT2D eigenvalue weighted by Crippen LogP contribution is -2.43. The Morgan fingerprint density at radius 1 is 1.56 bits per heavy atom. The number of amides is 1. The molecule has 3 N–H and O–H groups in total. The Labute approximate surface area is 98.6 Å². The molecule has 0 bridgehead atoms. The number of likely N-dealkylation sites (N-methyl/N-ethyl adjacent to an activating group) is 1. The number of hydrogen-bond donors (Lipinski definition) is 2. The van der Waals surface area contributed by atoms with Crippen molar-refractivity contribution in [3.8, 4) is 0 Å². The zero-order valence-electron chi connectivity index (χ0n) is 10.8. The van der Waals surface area contributed by atoms with Crippen LogP contribution in [0.2, 0.25) is 0 Å². The first kappa shape index (κ1) is 13.5. The Morgan fingerprint density at radius 3 is 2.81 bits per heavy atom. The van der Waals surface area contributed by atoms with Crippen molar-refractivity contribution >= 4 is 5.91 Å². The predicted molar refractivity (Wildman–Crippen MR) is 66.1 cm³/mol. The minimum atomic E-state index is 0.0820. The van der Waals surface area contributed by atoms with Crippen LogP contribution in [0.3, 0.4) is 0 Å². The van der Waals surface area contributed by atoms with Crippen LogP contribution >= 0.6 is 0 Å². The normalized spacial score (nSPS) is 22.4. The van der Waals surface area contributed by atoms with E-state index in [9.17, 15) is 4.79 Å². The van der Waals surface area contributed by atoms with E-state index in [4.69, 9.17) is 5.73 Å². The fraction of sp³-hybridized carbons (Fsp3) is 0.917. The molecule has 0 aromatic carbocycles. The van der Waals surface area contributed by atoms with Crippen LogP contribution in [-0.2, 0) is 4.79 Å². The second-order valence-corrected chi connectivity index (χ2v) is 5.43. The Kier molecular flexibility index (Phi) is 4.74. The van der Waals surface area contributed by atoms with Crippen LogP contribution in [-0.4, -0.2) is 43.5 Å². The maximum atomic E-state index is 11.6. The first-order valence-corrected chi connectivity index (χ1v) is 6.16. The maximum Gasteiger partial charge on any atom is 0.237 e. The lowest BCUT2D eigenvalue weighted by atomic mass is 9.89. The van der Waals surface area contributed by atoms with Crippen LogP contribution in [0, 0.1) is 5.41 Å². The van der Waals surface area contributed by atoms with Crippen molar-refractivity contribution in [2.45, 2.75) is 39.2 Å². The first-order chi connectivity index (χ1) is 7.50. The molecule has 4 nitrogen and oxygen atoms in total. The number of carbonyl (C=O) groups excluding carboxylic acids is 1. The zero-order chi connectivity index (χ0) is 12.2. The summed E-state index contributed by atoms with van der Waals surface area (Å²) >= 11 is 0. The largest absolute Gasteiger partial charge is 0.358 e. The summed E-state index contributed by atoms with van der Waals surface area (Å²) in [5, 5.41) is 2.74. The smallest absolute Gasteiger partial charge is 0.237 e. The summed E-state index contributed by atoms with van der Waals surface area (Å²) in [5.74, 6) is 0.156. The Balaban J connectivity index is 2.44. The summed E-state index contributed by atoms with van der Waals surface area (Å²) < 4.78 is 0. The van der Waals surface area contributed by atoms with Gasteiger partial charge in [0, 0.05) is 7.05 Å². The average molecular weight is 227 g/mol. The highest BCUT2D eigenvalue weighted by atomic mass is 16.2. The standard InChI is InChI=1S/C12H25N3O/c1-12(2,9-13)6-8-15-7-4-5-10(15)11(16)14-3/h10H,4-9,13H2,1-3H3,(H,14,16). The number of carbonyl (C=O) groups is 1. The van der Waals surface area contributed by atoms with Gasteiger partial charge in [0.05, 0.1) is 6.04 Å². The molecule has 1 amide bonds. The number of nitrogens with zero attached hydrogens (tertiary/aromatic N) is 1. The molecule has 4 heteroatoms. The third-order valence-electron chi connectivity index (χ3n) is 3.54. The fourth-order valence-corrected chi connectivity index (χ4v) is 2.11. The van der Waals surface area contributed by atoms with Crippen molar-refractivity contribution in [3.05, 3.63) is 0 Å². The summed E-state index contributed by atoms with van der Waals surface area (Å²) in [6.07, 6.45) is 3.17. The summed E-state index contributed by atoms with van der Waals surface area (Å²) in [6, 6.07) is 0.0820. The highest BCUT2D eigenvalue weighted by Gasteiger charge is 2.30. The van der Waals surface area contributed by atoms with E-state index in [2.05, 4.69) is 24.1 Å². The van der Waals surface area contributed by atoms with Gasteiger partial charge in [-0.1, -0.05) is 13.8 Å². The van der Waals surface area contributed by atoms with Gasteiger partial charge in [-0.15, -0.1) is 0 Å². The molecule has 1 unspecified atom stereocenters. The lowest BCUT2D eigenvalue weighted by Gasteiger charge is -2.28. The number of rotatable bonds is 5. The molecule has 0 aliphatic carbocycles. The topological polar surface area (TPSA) is 58.4 Å². The van der Waals surface area contributed by atoms with Gasteiger partial charge < -0.3 is 11.1 Å². The summed E-state index contributed by atoms with van der Waals surface area (Å²) in [4.78, 5) is 13.9. The van der Waals surface area contributed by atoms with Crippen LogP contribution in [0.15, 0.2) is 0 Å². The quantitative estimate of drug-likeness (QED) is 0.722. The number of hydrogen-bond acceptors (Lipinski definition) is 3. The summed E-state index contributed by atoms with van der Waals surface area (Å²) in [7, 11) is 1.71. The highest BCUT2D eigenvalue weighted by molar-refractivity contribution is 5.81. The number of likely N-dealkylation sites (tertiary alicyclic amines) is 1. The van der Waals surface area contributed by atoms with E-state index in [0.717, 1.165) is 32.4 Å². The summed E-state index contributed by atoms with van der Waals surface area (Å²) in [5.41, 5.74) is 5.89. The molecule has 1 aliphatic rings. The van der Waals surface area contributed by atoms with Gasteiger partial charge >= 0.3 is 0 Å². The molecule has 1 fully saturated rings. The van der Waals surface area contributed by atoms with Crippen molar-refractivity contribution in [1.82, 2.24) is 10.2 Å². The van der Waals surface area contributed by atoms with Crippen LogP contribution in [0.4, 0.5) is 0 Å². The summed E-state index contributed by atoms with van der Waals surface area (Å²) in [6.45, 7) is 7.07. The van der Waals surface area contributed by atoms with Crippen LogP contribution in [0.5, 0.6) is 0 Å². The average Bonchev–Trinajstić information content (AvgIpc) is 2.73. The van der Waals surface area contributed by atoms with E-state index in [1.807, 2.05) is 0 Å². The highest BCUT2D eigenvalue weighted by Crippen LogP contribution is 2.23. The molecule has 1 aliphatic heterocycles. The van der Waals surface area contributed by atoms with E-state index in [1.165, 1.54) is 0 Å². The second-order valence-electron chi connectivity index (χ2n) is 5.43. The Hall–Kier alpha value is -0.610. The predicted octanol–water partition coefficient (Wildman–Crippen LogP) is 0.572. The Bertz CT molecular complexity index is 240. The molecule has 1 rings (SSSR count). The number of nitrogens with two attached hydrogens (primary N) is 1. The molecule has 16 heavy (non-hydrogen) atoms. The molecule has 94 valence electrons. The minimum Gasteiger partial charge on any atom is -0.358 e. The van der Waals surface area contributed by atoms with Crippen molar-refractivity contribution in [2.24, 2.45) is 11.1 Å². The van der Waals surface area contributed by atoms with Gasteiger partial charge in [0.1, 0.15) is 0 Å². The minimum absolute atomic E-state index is 0.0820. The van der Waals surface area contributed by atoms with E-state index in [-0.39, 0.29) is 17.4 Å². The molecule has 0 spiro atoms. The van der Waals surface area contributed by atoms with Crippen molar-refractivity contribution in [1.29, 1.82) is 0 Å². The molecule has 0 saturated carbocycles. The van der Waals surface area contributed by atoms with Crippen molar-refractivity contribution in [2.75, 3.05) is 26.7 Å². The molecule has 0 radical (unpaired) electrons. The zero-order valence-corrected chi connectivity index (χ0v) is 10.8. The molecular formula is C12H25N3O. The molecule has 1 heterocycles. The molecule has 1 saturated heterocycles. The second kappa shape index (κ2) is 5.64. The van der Waals surface area contributed by atoms with Crippen LogP contribution in [0.25, 0.3) is 0 Å². The first-order valence-electron chi connectivity index (χ1n) is 6.16. The van der Waals surface area contributed by atoms with E-state index in [1.54, 1.807) is 7.05 Å². The van der Waals surface area contributed by atoms with Gasteiger partial charge in [0.2, 0.25) is 5.91 Å². The van der Waals surface area contributed by atoms with E-state index < -0.39 is 0 Å². The fourth-order valence-electron chi connectivity index (χ4n) is 2.11. The molecule has 0 aromatic heterocycles. The Morgan fingerprint density at radius 2 is 2.25 bits per heavy atom. The SMILES string of the molecule is CNC(=O)C1CCCN1CCC(C)(C)CN. The third-order valence-corrected chi connectivity index (χ3v) is 3.54. The van der Waals surface area contributed by atoms with Gasteiger partial charge in [-0.2, -0.15) is 0 Å². The van der Waals surface area contributed by atoms with E-state index >= 15 is 0 Å². The van der Waals surface area contributed by atoms with Gasteiger partial charge in [-0.05, 0) is 44.3 Å². The molecule has 1 atom stereocenters. The van der Waals surface area contributed by atoms with Gasteiger partial charge in [-0.3, -0.25) is 9.69 Å². The van der Waals surface area contributed by atoms with Crippen LogP contribution < -0.4 is 11.1 Å². The maximum absolute atomic E-state index is 11.6. The lowest BCUT2D eigenvalue weighted by molar-refractivity contribution is -0.125. The van der Waals surface area contributed by atoms with Gasteiger partial charge in [0.15, 0.2) is 0 Å². The van der Waals surface area contributed by atoms with Gasteiger partial charge in [0.25, 0.3) is 0 Å². The van der Waals surface area contributed by atoms with Crippen molar-refractivity contribution < 1.29 is 4.79 Å². The van der Waals surface area contributed by atoms with Gasteiger partial charge in [-0.25, -0.2) is 0 Å². The number of nitrogens with one attached hydrogen (secondary N) is 1. The van der Waals surface area contributed by atoms with E-state index in [0.29, 0.717) is 6.54 Å². The van der Waals surface area contributed by atoms with Crippen molar-refractivity contribution in [3.63, 3.8) is 0 Å². The molecule has 0 aromatic rings. The molecular weight excluding hydrogens is 202 g/mol. The third kappa shape index (κ3) is 3.46. The monoisotopic (exact) mass is 227 g/mol. The van der Waals surface area contributed by atoms with Crippen LogP contribution in [0.1, 0.15) is 33.1 Å².